The highest BCUT2D eigenvalue weighted by Crippen LogP contribution is 2.27. The van der Waals surface area contributed by atoms with E-state index < -0.39 is 0 Å². The maximum atomic E-state index is 9.21. The third-order valence-electron chi connectivity index (χ3n) is 2.20. The Bertz CT molecular complexity index is 640. The molecule has 2 rings (SSSR count). The predicted molar refractivity (Wildman–Crippen MR) is 65.2 cm³/mol. The molecule has 0 amide bonds. The second-order valence-electron chi connectivity index (χ2n) is 3.36. The molecule has 18 heavy (non-hydrogen) atoms. The van der Waals surface area contributed by atoms with Gasteiger partial charge in [-0.1, -0.05) is 4.49 Å². The van der Waals surface area contributed by atoms with E-state index in [2.05, 4.69) is 14.6 Å². The Balaban J connectivity index is 2.61. The maximum Gasteiger partial charge on any atom is 0.374 e. The third-order valence-corrected chi connectivity index (χ3v) is 2.83. The number of hydrogen-bond donors (Lipinski definition) is 0. The first kappa shape index (κ1) is 12.3. The van der Waals surface area contributed by atoms with Gasteiger partial charge in [-0.3, -0.25) is 0 Å². The monoisotopic (exact) mass is 258 g/mol. The topological polar surface area (TPSA) is 84.8 Å². The van der Waals surface area contributed by atoms with Gasteiger partial charge < -0.3 is 9.07 Å². The summed E-state index contributed by atoms with van der Waals surface area (Å²) in [7, 11) is 5.22. The zero-order valence-electron chi connectivity index (χ0n) is 9.67. The van der Waals surface area contributed by atoms with Crippen molar-refractivity contribution in [1.29, 1.82) is 5.26 Å². The van der Waals surface area contributed by atoms with Crippen LogP contribution < -0.4 is 0 Å². The zero-order chi connectivity index (χ0) is 13.1. The van der Waals surface area contributed by atoms with Crippen molar-refractivity contribution in [3.8, 4) is 6.07 Å². The average molecular weight is 258 g/mol. The van der Waals surface area contributed by atoms with Crippen molar-refractivity contribution in [1.82, 2.24) is 14.6 Å². The maximum absolute atomic E-state index is 9.21. The lowest BCUT2D eigenvalue weighted by Crippen LogP contribution is -1.97. The fraction of sp³-hybridized carbons (Fsp3) is 0.200. The minimum Gasteiger partial charge on any atom is -0.565 e. The third kappa shape index (κ3) is 2.12. The van der Waals surface area contributed by atoms with E-state index in [1.54, 1.807) is 6.92 Å². The molecule has 2 radical (unpaired) electrons. The highest BCUT2D eigenvalue weighted by molar-refractivity contribution is 7.05. The summed E-state index contributed by atoms with van der Waals surface area (Å²) in [5, 5.41) is 13.1. The first-order chi connectivity index (χ1) is 8.67. The van der Waals surface area contributed by atoms with Gasteiger partial charge in [-0.15, -0.1) is 5.10 Å². The first-order valence-electron chi connectivity index (χ1n) is 4.90. The molecule has 2 aromatic heterocycles. The van der Waals surface area contributed by atoms with Crippen LogP contribution in [0.5, 0.6) is 0 Å². The van der Waals surface area contributed by atoms with E-state index in [9.17, 15) is 5.26 Å². The molecule has 0 atom stereocenters. The number of oxazole rings is 1. The summed E-state index contributed by atoms with van der Waals surface area (Å²) < 4.78 is 13.6. The number of hydrogen-bond acceptors (Lipinski definition) is 7. The van der Waals surface area contributed by atoms with Crippen LogP contribution in [0.3, 0.4) is 0 Å². The number of rotatable bonds is 3. The van der Waals surface area contributed by atoms with Gasteiger partial charge in [-0.2, -0.15) is 5.26 Å². The fourth-order valence-electron chi connectivity index (χ4n) is 1.38. The summed E-state index contributed by atoms with van der Waals surface area (Å²) >= 11 is 1.19. The lowest BCUT2D eigenvalue weighted by atomic mass is 10.1. The number of nitrogens with zero attached hydrogens (tertiary/aromatic N) is 4. The van der Waals surface area contributed by atoms with Gasteiger partial charge in [-0.05, 0) is 18.5 Å². The van der Waals surface area contributed by atoms with E-state index in [-0.39, 0.29) is 11.3 Å². The van der Waals surface area contributed by atoms with E-state index in [4.69, 9.17) is 17.1 Å². The zero-order valence-corrected chi connectivity index (χ0v) is 10.5. The van der Waals surface area contributed by atoms with Gasteiger partial charge in [0.15, 0.2) is 5.89 Å². The van der Waals surface area contributed by atoms with Crippen molar-refractivity contribution in [3.05, 3.63) is 28.4 Å². The van der Waals surface area contributed by atoms with Crippen LogP contribution in [-0.2, 0) is 4.65 Å². The molecule has 6 nitrogen and oxygen atoms in total. The summed E-state index contributed by atoms with van der Waals surface area (Å²) in [5.41, 5.74) is 0.938. The van der Waals surface area contributed by atoms with Crippen LogP contribution in [0.15, 0.2) is 10.7 Å². The molecule has 2 aromatic rings. The summed E-state index contributed by atoms with van der Waals surface area (Å²) in [6.07, 6.45) is 1.36. The van der Waals surface area contributed by atoms with E-state index >= 15 is 0 Å². The van der Waals surface area contributed by atoms with Gasteiger partial charge >= 0.3 is 8.05 Å². The highest BCUT2D eigenvalue weighted by Gasteiger charge is 2.19. The van der Waals surface area contributed by atoms with Gasteiger partial charge in [0.1, 0.15) is 35.1 Å². The Kier molecular flexibility index (Phi) is 3.44. The molecule has 0 N–H and O–H groups in total. The molecule has 0 aliphatic heterocycles. The second kappa shape index (κ2) is 5.02. The molecule has 0 bridgehead atoms. The molecule has 0 aliphatic rings. The number of aryl methyl sites for hydroxylation is 2. The van der Waals surface area contributed by atoms with Gasteiger partial charge in [0, 0.05) is 6.92 Å². The van der Waals surface area contributed by atoms with Crippen molar-refractivity contribution in [2.45, 2.75) is 13.8 Å². The molecule has 0 aromatic carbocycles. The quantitative estimate of drug-likeness (QED) is 0.472. The van der Waals surface area contributed by atoms with E-state index in [0.717, 1.165) is 4.88 Å². The Morgan fingerprint density at radius 3 is 2.78 bits per heavy atom. The SMILES string of the molecule is [B]OC(=C(C#N)c1coc(C)n1)c1nnsc1C. The minimum atomic E-state index is 0.136. The fourth-order valence-corrected chi connectivity index (χ4v) is 1.84. The Morgan fingerprint density at radius 1 is 1.56 bits per heavy atom. The van der Waals surface area contributed by atoms with Gasteiger partial charge in [0.25, 0.3) is 0 Å². The van der Waals surface area contributed by atoms with E-state index in [1.165, 1.54) is 17.8 Å². The van der Waals surface area contributed by atoms with Crippen molar-refractivity contribution in [2.24, 2.45) is 0 Å². The van der Waals surface area contributed by atoms with Crippen molar-refractivity contribution >= 4 is 30.9 Å². The molecule has 0 aliphatic carbocycles. The minimum absolute atomic E-state index is 0.136. The molecule has 0 spiro atoms. The average Bonchev–Trinajstić information content (AvgIpc) is 2.95. The smallest absolute Gasteiger partial charge is 0.374 e. The second-order valence-corrected chi connectivity index (χ2v) is 4.32. The highest BCUT2D eigenvalue weighted by atomic mass is 32.1. The molecule has 8 heteroatoms. The largest absolute Gasteiger partial charge is 0.565 e. The molecule has 0 saturated carbocycles. The summed E-state index contributed by atoms with van der Waals surface area (Å²) in [6.45, 7) is 3.49. The van der Waals surface area contributed by atoms with Crippen LogP contribution in [-0.4, -0.2) is 22.6 Å². The molecule has 0 fully saturated rings. The Hall–Kier alpha value is -2.14. The molecular weight excluding hydrogens is 251 g/mol. The number of nitriles is 1. The molecular formula is C10H7BN4O2S. The van der Waals surface area contributed by atoms with Crippen LogP contribution in [0.2, 0.25) is 0 Å². The van der Waals surface area contributed by atoms with E-state index in [1.807, 2.05) is 13.0 Å². The summed E-state index contributed by atoms with van der Waals surface area (Å²) in [5.74, 6) is 0.583. The van der Waals surface area contributed by atoms with Crippen molar-refractivity contribution in [2.75, 3.05) is 0 Å². The summed E-state index contributed by atoms with van der Waals surface area (Å²) in [6, 6.07) is 1.99. The van der Waals surface area contributed by atoms with Gasteiger partial charge in [0.05, 0.1) is 4.88 Å². The lowest BCUT2D eigenvalue weighted by molar-refractivity contribution is 0.521. The van der Waals surface area contributed by atoms with Crippen LogP contribution >= 0.6 is 11.5 Å². The van der Waals surface area contributed by atoms with Gasteiger partial charge in [-0.25, -0.2) is 4.98 Å². The number of allylic oxidation sites excluding steroid dienone is 1. The predicted octanol–water partition coefficient (Wildman–Crippen LogP) is 1.63. The van der Waals surface area contributed by atoms with Crippen LogP contribution in [0.4, 0.5) is 0 Å². The van der Waals surface area contributed by atoms with Gasteiger partial charge in [0.2, 0.25) is 0 Å². The molecule has 0 unspecified atom stereocenters. The normalized spacial score (nSPS) is 11.8. The Labute approximate surface area is 109 Å². The van der Waals surface area contributed by atoms with Crippen LogP contribution in [0, 0.1) is 25.2 Å². The number of aromatic nitrogens is 3. The van der Waals surface area contributed by atoms with Crippen molar-refractivity contribution in [3.63, 3.8) is 0 Å². The molecule has 0 saturated heterocycles. The molecule has 2 heterocycles. The first-order valence-corrected chi connectivity index (χ1v) is 5.67. The van der Waals surface area contributed by atoms with Crippen LogP contribution in [0.25, 0.3) is 11.3 Å². The summed E-state index contributed by atoms with van der Waals surface area (Å²) in [4.78, 5) is 4.86. The lowest BCUT2D eigenvalue weighted by Gasteiger charge is -2.05. The van der Waals surface area contributed by atoms with E-state index in [0.29, 0.717) is 17.3 Å². The van der Waals surface area contributed by atoms with Crippen LogP contribution in [0.1, 0.15) is 22.2 Å². The standard InChI is InChI=1S/C10H7BN4O2S/c1-5-9(14-15-18-5)10(17-11)7(3-12)8-4-16-6(2)13-8/h4H,1-2H3. The van der Waals surface area contributed by atoms with Crippen molar-refractivity contribution < 1.29 is 9.07 Å². The Morgan fingerprint density at radius 2 is 2.33 bits per heavy atom. The molecule has 88 valence electrons.